The molecule has 0 aliphatic heterocycles. The number of nitrogens with zero attached hydrogens (tertiary/aromatic N) is 3. The van der Waals surface area contributed by atoms with E-state index in [2.05, 4.69) is 16.7 Å². The first kappa shape index (κ1) is 19.5. The van der Waals surface area contributed by atoms with Crippen molar-refractivity contribution in [1.82, 2.24) is 14.6 Å². The second-order valence-electron chi connectivity index (χ2n) is 6.30. The molecule has 30 heavy (non-hydrogen) atoms. The Kier molecular flexibility index (Phi) is 5.40. The maximum atomic E-state index is 12.8. The van der Waals surface area contributed by atoms with Crippen molar-refractivity contribution in [2.24, 2.45) is 0 Å². The van der Waals surface area contributed by atoms with Gasteiger partial charge in [0.25, 0.3) is 5.56 Å². The van der Waals surface area contributed by atoms with E-state index in [1.807, 2.05) is 24.3 Å². The summed E-state index contributed by atoms with van der Waals surface area (Å²) in [5, 5.41) is 4.32. The number of fused-ring (bicyclic) bond motifs is 1. The minimum Gasteiger partial charge on any atom is -0.490 e. The maximum Gasteiger partial charge on any atom is 0.308 e. The van der Waals surface area contributed by atoms with E-state index in [0.29, 0.717) is 33.2 Å². The van der Waals surface area contributed by atoms with Crippen molar-refractivity contribution < 1.29 is 14.3 Å². The van der Waals surface area contributed by atoms with E-state index in [4.69, 9.17) is 9.47 Å². The molecule has 0 unspecified atom stereocenters. The molecule has 0 aliphatic carbocycles. The molecule has 0 saturated heterocycles. The summed E-state index contributed by atoms with van der Waals surface area (Å²) in [6.07, 6.45) is 3.46. The van der Waals surface area contributed by atoms with Gasteiger partial charge in [-0.2, -0.15) is 9.50 Å². The monoisotopic (exact) mass is 419 g/mol. The second-order valence-corrected chi connectivity index (χ2v) is 7.31. The molecule has 8 heteroatoms. The first-order chi connectivity index (χ1) is 14.5. The van der Waals surface area contributed by atoms with Gasteiger partial charge in [0.1, 0.15) is 18.1 Å². The third kappa shape index (κ3) is 3.99. The average molecular weight is 419 g/mol. The Hall–Kier alpha value is -3.78. The summed E-state index contributed by atoms with van der Waals surface area (Å²) in [7, 11) is 0. The third-order valence-electron chi connectivity index (χ3n) is 4.11. The molecule has 2 aromatic carbocycles. The number of carbonyl (C=O) groups excluding carboxylic acids is 1. The Labute approximate surface area is 175 Å². The summed E-state index contributed by atoms with van der Waals surface area (Å²) in [6, 6.07) is 14.3. The molecular weight excluding hydrogens is 402 g/mol. The summed E-state index contributed by atoms with van der Waals surface area (Å²) in [4.78, 5) is 29.0. The zero-order chi connectivity index (χ0) is 21.1. The quantitative estimate of drug-likeness (QED) is 0.272. The van der Waals surface area contributed by atoms with Gasteiger partial charge >= 0.3 is 5.97 Å². The topological polar surface area (TPSA) is 82.8 Å². The van der Waals surface area contributed by atoms with Crippen LogP contribution in [0.3, 0.4) is 0 Å². The zero-order valence-electron chi connectivity index (χ0n) is 16.1. The number of rotatable bonds is 6. The summed E-state index contributed by atoms with van der Waals surface area (Å²) in [5.41, 5.74) is 1.15. The van der Waals surface area contributed by atoms with Crippen molar-refractivity contribution in [2.45, 2.75) is 6.92 Å². The molecule has 0 fully saturated rings. The van der Waals surface area contributed by atoms with Crippen LogP contribution in [0.1, 0.15) is 12.5 Å². The molecule has 0 N–H and O–H groups in total. The lowest BCUT2D eigenvalue weighted by Gasteiger charge is -2.04. The highest BCUT2D eigenvalue weighted by atomic mass is 32.1. The van der Waals surface area contributed by atoms with E-state index in [9.17, 15) is 9.59 Å². The lowest BCUT2D eigenvalue weighted by molar-refractivity contribution is -0.131. The largest absolute Gasteiger partial charge is 0.490 e. The molecule has 0 aliphatic rings. The Morgan fingerprint density at radius 1 is 1.20 bits per heavy atom. The normalized spacial score (nSPS) is 11.6. The van der Waals surface area contributed by atoms with Crippen LogP contribution in [0.2, 0.25) is 0 Å². The molecule has 0 saturated carbocycles. The number of esters is 1. The summed E-state index contributed by atoms with van der Waals surface area (Å²) < 4.78 is 12.5. The Morgan fingerprint density at radius 3 is 2.67 bits per heavy atom. The van der Waals surface area contributed by atoms with Gasteiger partial charge in [-0.3, -0.25) is 9.59 Å². The predicted octanol–water partition coefficient (Wildman–Crippen LogP) is 2.86. The fourth-order valence-electron chi connectivity index (χ4n) is 2.81. The van der Waals surface area contributed by atoms with Crippen molar-refractivity contribution in [1.29, 1.82) is 0 Å². The van der Waals surface area contributed by atoms with Gasteiger partial charge in [-0.15, -0.1) is 5.10 Å². The van der Waals surface area contributed by atoms with Gasteiger partial charge in [-0.25, -0.2) is 0 Å². The van der Waals surface area contributed by atoms with Crippen LogP contribution in [0.5, 0.6) is 11.5 Å². The number of hydrogen-bond acceptors (Lipinski definition) is 7. The molecule has 150 valence electrons. The Morgan fingerprint density at radius 2 is 1.97 bits per heavy atom. The van der Waals surface area contributed by atoms with Crippen LogP contribution in [-0.4, -0.2) is 27.2 Å². The fourth-order valence-corrected chi connectivity index (χ4v) is 3.72. The van der Waals surface area contributed by atoms with Crippen molar-refractivity contribution in [2.75, 3.05) is 6.61 Å². The fraction of sp³-hybridized carbons (Fsp3) is 0.0909. The molecule has 0 bridgehead atoms. The number of hydrogen-bond donors (Lipinski definition) is 0. The van der Waals surface area contributed by atoms with E-state index < -0.39 is 5.97 Å². The van der Waals surface area contributed by atoms with Crippen molar-refractivity contribution >= 4 is 28.3 Å². The van der Waals surface area contributed by atoms with Gasteiger partial charge in [-0.1, -0.05) is 48.3 Å². The molecule has 4 aromatic rings. The lowest BCUT2D eigenvalue weighted by Crippen LogP contribution is -2.23. The predicted molar refractivity (Wildman–Crippen MR) is 115 cm³/mol. The molecule has 4 rings (SSSR count). The van der Waals surface area contributed by atoms with Crippen LogP contribution < -0.4 is 19.6 Å². The first-order valence-corrected chi connectivity index (χ1v) is 9.89. The minimum atomic E-state index is -0.439. The number of carbonyl (C=O) groups is 1. The van der Waals surface area contributed by atoms with Gasteiger partial charge < -0.3 is 9.47 Å². The van der Waals surface area contributed by atoms with Gasteiger partial charge in [-0.05, 0) is 35.9 Å². The minimum absolute atomic E-state index is 0.259. The lowest BCUT2D eigenvalue weighted by atomic mass is 10.2. The highest BCUT2D eigenvalue weighted by Crippen LogP contribution is 2.27. The van der Waals surface area contributed by atoms with E-state index in [1.54, 1.807) is 36.4 Å². The highest BCUT2D eigenvalue weighted by Gasteiger charge is 2.16. The van der Waals surface area contributed by atoms with Crippen LogP contribution in [-0.2, 0) is 4.79 Å². The van der Waals surface area contributed by atoms with Gasteiger partial charge in [0.05, 0.1) is 10.1 Å². The van der Waals surface area contributed by atoms with E-state index >= 15 is 0 Å². The molecule has 0 spiro atoms. The van der Waals surface area contributed by atoms with Gasteiger partial charge in [0.2, 0.25) is 4.96 Å². The Balaban J connectivity index is 1.68. The smallest absolute Gasteiger partial charge is 0.308 e. The van der Waals surface area contributed by atoms with Crippen LogP contribution >= 0.6 is 11.3 Å². The second kappa shape index (κ2) is 8.30. The van der Waals surface area contributed by atoms with Gasteiger partial charge in [0, 0.05) is 6.92 Å². The maximum absolute atomic E-state index is 12.8. The summed E-state index contributed by atoms with van der Waals surface area (Å²) >= 11 is 1.24. The number of thiazole rings is 1. The molecule has 0 radical (unpaired) electrons. The molecule has 2 heterocycles. The molecule has 0 atom stereocenters. The van der Waals surface area contributed by atoms with E-state index in [0.717, 1.165) is 11.3 Å². The van der Waals surface area contributed by atoms with Crippen LogP contribution in [0.25, 0.3) is 22.4 Å². The average Bonchev–Trinajstić information content (AvgIpc) is 3.27. The number of aromatic nitrogens is 3. The Bertz CT molecular complexity index is 1340. The van der Waals surface area contributed by atoms with Crippen LogP contribution in [0.15, 0.2) is 66.0 Å². The molecule has 7 nitrogen and oxygen atoms in total. The van der Waals surface area contributed by atoms with Crippen molar-refractivity contribution in [3.05, 3.63) is 81.6 Å². The number of benzene rings is 2. The zero-order valence-corrected chi connectivity index (χ0v) is 16.9. The SMILES string of the molecule is C=CCOc1ccc(/C=c2/sc3nc(-c4ccccc4OC(C)=O)nn3c2=O)cc1. The first-order valence-electron chi connectivity index (χ1n) is 9.08. The number of para-hydroxylation sites is 1. The van der Waals surface area contributed by atoms with Crippen molar-refractivity contribution in [3.63, 3.8) is 0 Å². The molecule has 0 amide bonds. The number of ether oxygens (including phenoxy) is 2. The van der Waals surface area contributed by atoms with E-state index in [1.165, 1.54) is 22.8 Å². The van der Waals surface area contributed by atoms with Crippen LogP contribution in [0.4, 0.5) is 0 Å². The summed E-state index contributed by atoms with van der Waals surface area (Å²) in [5.74, 6) is 0.964. The third-order valence-corrected chi connectivity index (χ3v) is 5.07. The summed E-state index contributed by atoms with van der Waals surface area (Å²) in [6.45, 7) is 5.38. The molecule has 2 aromatic heterocycles. The van der Waals surface area contributed by atoms with Crippen molar-refractivity contribution in [3.8, 4) is 22.9 Å². The highest BCUT2D eigenvalue weighted by molar-refractivity contribution is 7.15. The van der Waals surface area contributed by atoms with E-state index in [-0.39, 0.29) is 5.56 Å². The molecular formula is C22H17N3O4S. The standard InChI is InChI=1S/C22H17N3O4S/c1-3-12-28-16-10-8-15(9-11-16)13-19-21(27)25-22(30-19)23-20(24-25)17-6-4-5-7-18(17)29-14(2)26/h3-11,13H,1,12H2,2H3/b19-13+. The van der Waals surface area contributed by atoms with Crippen LogP contribution in [0, 0.1) is 0 Å². The van der Waals surface area contributed by atoms with Gasteiger partial charge in [0.15, 0.2) is 5.82 Å².